The zero-order chi connectivity index (χ0) is 20.9. The first-order chi connectivity index (χ1) is 14.6. The van der Waals surface area contributed by atoms with Gasteiger partial charge in [0.15, 0.2) is 17.6 Å². The van der Waals surface area contributed by atoms with Crippen LogP contribution in [-0.2, 0) is 4.79 Å². The van der Waals surface area contributed by atoms with E-state index in [1.807, 2.05) is 55.5 Å². The molecule has 2 unspecified atom stereocenters. The van der Waals surface area contributed by atoms with Gasteiger partial charge in [-0.25, -0.2) is 0 Å². The third-order valence-corrected chi connectivity index (χ3v) is 5.57. The molecule has 7 nitrogen and oxygen atoms in total. The van der Waals surface area contributed by atoms with E-state index < -0.39 is 6.10 Å². The fraction of sp³-hybridized carbons (Fsp3) is 0.435. The summed E-state index contributed by atoms with van der Waals surface area (Å²) in [7, 11) is 0. The fourth-order valence-corrected chi connectivity index (χ4v) is 3.78. The Hall–Kier alpha value is -2.61. The van der Waals surface area contributed by atoms with Gasteiger partial charge in [0.25, 0.3) is 0 Å². The summed E-state index contributed by atoms with van der Waals surface area (Å²) < 4.78 is 11.6. The van der Waals surface area contributed by atoms with Crippen molar-refractivity contribution in [3.8, 4) is 11.5 Å². The molecule has 2 aromatic rings. The molecule has 0 bridgehead atoms. The standard InChI is InChI=1S/C23H29N3O4/c1-17-6-8-18(9-7-17)24-23(28)15-26-12-10-25(11-13-26)14-19(27)22-16-29-20-4-2-3-5-21(20)30-22/h2-9,19,22,27H,10-16H2,1H3,(H,24,28). The Morgan fingerprint density at radius 3 is 2.47 bits per heavy atom. The van der Waals surface area contributed by atoms with Crippen molar-refractivity contribution < 1.29 is 19.4 Å². The topological polar surface area (TPSA) is 74.3 Å². The molecule has 2 aliphatic heterocycles. The number of nitrogens with zero attached hydrogens (tertiary/aromatic N) is 2. The van der Waals surface area contributed by atoms with Gasteiger partial charge in [-0.05, 0) is 31.2 Å². The molecule has 2 atom stereocenters. The number of aryl methyl sites for hydroxylation is 1. The summed E-state index contributed by atoms with van der Waals surface area (Å²) in [4.78, 5) is 16.6. The number of piperazine rings is 1. The van der Waals surface area contributed by atoms with Crippen molar-refractivity contribution in [1.29, 1.82) is 0 Å². The molecule has 0 saturated carbocycles. The summed E-state index contributed by atoms with van der Waals surface area (Å²) in [6.45, 7) is 6.46. The van der Waals surface area contributed by atoms with Crippen LogP contribution in [0.4, 0.5) is 5.69 Å². The van der Waals surface area contributed by atoms with Gasteiger partial charge in [-0.15, -0.1) is 0 Å². The maximum absolute atomic E-state index is 12.3. The maximum Gasteiger partial charge on any atom is 0.238 e. The molecule has 2 heterocycles. The molecule has 2 aromatic carbocycles. The predicted molar refractivity (Wildman–Crippen MR) is 115 cm³/mol. The van der Waals surface area contributed by atoms with Crippen LogP contribution in [0.1, 0.15) is 5.56 Å². The summed E-state index contributed by atoms with van der Waals surface area (Å²) in [6.07, 6.45) is -1.01. The Morgan fingerprint density at radius 2 is 1.73 bits per heavy atom. The van der Waals surface area contributed by atoms with E-state index in [0.717, 1.165) is 37.6 Å². The van der Waals surface area contributed by atoms with Crippen molar-refractivity contribution in [2.75, 3.05) is 51.2 Å². The molecule has 160 valence electrons. The van der Waals surface area contributed by atoms with E-state index in [9.17, 15) is 9.90 Å². The van der Waals surface area contributed by atoms with E-state index in [-0.39, 0.29) is 12.0 Å². The molecule has 0 aliphatic carbocycles. The summed E-state index contributed by atoms with van der Waals surface area (Å²) in [5, 5.41) is 13.6. The Morgan fingerprint density at radius 1 is 1.07 bits per heavy atom. The third-order valence-electron chi connectivity index (χ3n) is 5.57. The van der Waals surface area contributed by atoms with Crippen molar-refractivity contribution in [3.05, 3.63) is 54.1 Å². The van der Waals surface area contributed by atoms with Crippen LogP contribution in [0, 0.1) is 6.92 Å². The smallest absolute Gasteiger partial charge is 0.238 e. The van der Waals surface area contributed by atoms with Crippen LogP contribution >= 0.6 is 0 Å². The Labute approximate surface area is 177 Å². The third kappa shape index (κ3) is 5.30. The highest BCUT2D eigenvalue weighted by atomic mass is 16.6. The molecule has 2 aliphatic rings. The number of carbonyl (C=O) groups is 1. The highest BCUT2D eigenvalue weighted by Crippen LogP contribution is 2.31. The highest BCUT2D eigenvalue weighted by molar-refractivity contribution is 5.92. The van der Waals surface area contributed by atoms with Gasteiger partial charge in [0.2, 0.25) is 5.91 Å². The van der Waals surface area contributed by atoms with Crippen molar-refractivity contribution >= 4 is 11.6 Å². The summed E-state index contributed by atoms with van der Waals surface area (Å²) in [5.41, 5.74) is 1.99. The molecule has 7 heteroatoms. The monoisotopic (exact) mass is 411 g/mol. The lowest BCUT2D eigenvalue weighted by molar-refractivity contribution is -0.117. The van der Waals surface area contributed by atoms with Gasteiger partial charge >= 0.3 is 0 Å². The van der Waals surface area contributed by atoms with Gasteiger partial charge < -0.3 is 19.9 Å². The number of hydrogen-bond acceptors (Lipinski definition) is 6. The SMILES string of the molecule is Cc1ccc(NC(=O)CN2CCN(CC(O)C3COc4ccccc4O3)CC2)cc1. The molecule has 4 rings (SSSR count). The van der Waals surface area contributed by atoms with Crippen LogP contribution in [0.15, 0.2) is 48.5 Å². The van der Waals surface area contributed by atoms with Crippen LogP contribution < -0.4 is 14.8 Å². The second kappa shape index (κ2) is 9.47. The Kier molecular flexibility index (Phi) is 6.52. The number of rotatable bonds is 6. The molecule has 0 radical (unpaired) electrons. The Balaban J connectivity index is 1.19. The van der Waals surface area contributed by atoms with Crippen LogP contribution in [-0.4, -0.2) is 78.9 Å². The number of para-hydroxylation sites is 2. The zero-order valence-corrected chi connectivity index (χ0v) is 17.3. The van der Waals surface area contributed by atoms with Crippen LogP contribution in [0.3, 0.4) is 0 Å². The van der Waals surface area contributed by atoms with Gasteiger partial charge in [-0.3, -0.25) is 14.6 Å². The van der Waals surface area contributed by atoms with Crippen molar-refractivity contribution in [3.63, 3.8) is 0 Å². The summed E-state index contributed by atoms with van der Waals surface area (Å²) in [6, 6.07) is 15.3. The molecular weight excluding hydrogens is 382 g/mol. The lowest BCUT2D eigenvalue weighted by Crippen LogP contribution is -2.53. The predicted octanol–water partition coefficient (Wildman–Crippen LogP) is 1.75. The molecule has 2 N–H and O–H groups in total. The number of aliphatic hydroxyl groups is 1. The minimum atomic E-state index is -0.630. The lowest BCUT2D eigenvalue weighted by Gasteiger charge is -2.37. The number of ether oxygens (including phenoxy) is 2. The first kappa shape index (κ1) is 20.7. The molecule has 0 spiro atoms. The lowest BCUT2D eigenvalue weighted by atomic mass is 10.1. The largest absolute Gasteiger partial charge is 0.486 e. The van der Waals surface area contributed by atoms with E-state index in [4.69, 9.17) is 9.47 Å². The number of anilines is 1. The quantitative estimate of drug-likeness (QED) is 0.755. The van der Waals surface area contributed by atoms with E-state index >= 15 is 0 Å². The van der Waals surface area contributed by atoms with Crippen molar-refractivity contribution in [2.45, 2.75) is 19.1 Å². The number of amides is 1. The van der Waals surface area contributed by atoms with E-state index in [0.29, 0.717) is 25.4 Å². The minimum Gasteiger partial charge on any atom is -0.486 e. The molecule has 0 aromatic heterocycles. The van der Waals surface area contributed by atoms with E-state index in [1.165, 1.54) is 5.56 Å². The van der Waals surface area contributed by atoms with Crippen LogP contribution in [0.5, 0.6) is 11.5 Å². The number of nitrogens with one attached hydrogen (secondary N) is 1. The average Bonchev–Trinajstić information content (AvgIpc) is 2.76. The minimum absolute atomic E-state index is 0.00115. The van der Waals surface area contributed by atoms with Gasteiger partial charge in [-0.2, -0.15) is 0 Å². The first-order valence-corrected chi connectivity index (χ1v) is 10.4. The van der Waals surface area contributed by atoms with E-state index in [1.54, 1.807) is 0 Å². The summed E-state index contributed by atoms with van der Waals surface area (Å²) in [5.74, 6) is 1.40. The zero-order valence-electron chi connectivity index (χ0n) is 17.3. The number of fused-ring (bicyclic) bond motifs is 1. The van der Waals surface area contributed by atoms with Gasteiger partial charge in [0.1, 0.15) is 12.7 Å². The second-order valence-corrected chi connectivity index (χ2v) is 7.97. The molecule has 1 fully saturated rings. The molecule has 30 heavy (non-hydrogen) atoms. The fourth-order valence-electron chi connectivity index (χ4n) is 3.78. The normalized spacial score (nSPS) is 20.5. The van der Waals surface area contributed by atoms with Gasteiger partial charge in [0, 0.05) is 38.4 Å². The number of carbonyl (C=O) groups excluding carboxylic acids is 1. The van der Waals surface area contributed by atoms with Gasteiger partial charge in [0.05, 0.1) is 6.54 Å². The Bertz CT molecular complexity index is 850. The van der Waals surface area contributed by atoms with Crippen LogP contribution in [0.2, 0.25) is 0 Å². The molecule has 1 saturated heterocycles. The van der Waals surface area contributed by atoms with Gasteiger partial charge in [-0.1, -0.05) is 29.8 Å². The van der Waals surface area contributed by atoms with Crippen molar-refractivity contribution in [2.24, 2.45) is 0 Å². The number of benzene rings is 2. The molecular formula is C23H29N3O4. The maximum atomic E-state index is 12.3. The first-order valence-electron chi connectivity index (χ1n) is 10.4. The molecule has 1 amide bonds. The highest BCUT2D eigenvalue weighted by Gasteiger charge is 2.30. The average molecular weight is 412 g/mol. The second-order valence-electron chi connectivity index (χ2n) is 7.97. The van der Waals surface area contributed by atoms with Crippen LogP contribution in [0.25, 0.3) is 0 Å². The van der Waals surface area contributed by atoms with E-state index in [2.05, 4.69) is 15.1 Å². The number of β-amino-alcohol motifs (C(OH)–C–C–N with tert-alkyl or cyclic N) is 1. The number of aliphatic hydroxyl groups excluding tert-OH is 1. The number of hydrogen-bond donors (Lipinski definition) is 2. The summed E-state index contributed by atoms with van der Waals surface area (Å²) >= 11 is 0. The van der Waals surface area contributed by atoms with Crippen molar-refractivity contribution in [1.82, 2.24) is 9.80 Å².